The predicted molar refractivity (Wildman–Crippen MR) is 63.2 cm³/mol. The molecular formula is C11H22N2O3. The highest BCUT2D eigenvalue weighted by molar-refractivity contribution is 5.82. The number of amides is 1. The second kappa shape index (κ2) is 8.35. The Bertz CT molecular complexity index is 219. The van der Waals surface area contributed by atoms with Gasteiger partial charge in [-0.1, -0.05) is 20.3 Å². The van der Waals surface area contributed by atoms with E-state index in [4.69, 9.17) is 4.74 Å². The molecule has 0 rings (SSSR count). The molecule has 5 nitrogen and oxygen atoms in total. The molecule has 0 saturated carbocycles. The van der Waals surface area contributed by atoms with Crippen LogP contribution >= 0.6 is 0 Å². The van der Waals surface area contributed by atoms with E-state index >= 15 is 0 Å². The molecule has 0 aliphatic heterocycles. The average molecular weight is 230 g/mol. The number of ether oxygens (including phenoxy) is 1. The van der Waals surface area contributed by atoms with Crippen LogP contribution in [0.3, 0.4) is 0 Å². The number of hydrogen-bond acceptors (Lipinski definition) is 4. The van der Waals surface area contributed by atoms with Gasteiger partial charge in [0, 0.05) is 11.8 Å². The lowest BCUT2D eigenvalue weighted by atomic mass is 10.1. The summed E-state index contributed by atoms with van der Waals surface area (Å²) in [5.41, 5.74) is 0. The molecule has 16 heavy (non-hydrogen) atoms. The Morgan fingerprint density at radius 1 is 1.44 bits per heavy atom. The van der Waals surface area contributed by atoms with Crippen molar-refractivity contribution in [3.05, 3.63) is 4.91 Å². The molecule has 1 unspecified atom stereocenters. The van der Waals surface area contributed by atoms with E-state index in [0.29, 0.717) is 12.5 Å². The van der Waals surface area contributed by atoms with Gasteiger partial charge in [0.15, 0.2) is 0 Å². The van der Waals surface area contributed by atoms with Crippen molar-refractivity contribution in [2.24, 2.45) is 11.1 Å². The summed E-state index contributed by atoms with van der Waals surface area (Å²) in [5.74, 6) is -0.0498. The van der Waals surface area contributed by atoms with Gasteiger partial charge in [0.2, 0.25) is 0 Å². The van der Waals surface area contributed by atoms with Crippen LogP contribution in [0.1, 0.15) is 26.7 Å². The number of nitrogens with zero attached hydrogens (tertiary/aromatic N) is 2. The molecule has 0 fully saturated rings. The molecule has 0 radical (unpaired) electrons. The van der Waals surface area contributed by atoms with Gasteiger partial charge >= 0.3 is 5.91 Å². The van der Waals surface area contributed by atoms with Crippen LogP contribution in [0.5, 0.6) is 0 Å². The molecule has 94 valence electrons. The van der Waals surface area contributed by atoms with Crippen LogP contribution in [0.2, 0.25) is 0 Å². The second-order valence-electron chi connectivity index (χ2n) is 4.29. The third kappa shape index (κ3) is 5.92. The number of likely N-dealkylation sites (N-methyl/N-ethyl adjacent to an activating group) is 1. The summed E-state index contributed by atoms with van der Waals surface area (Å²) in [5, 5.41) is 2.43. The predicted octanol–water partition coefficient (Wildman–Crippen LogP) is 1.66. The Morgan fingerprint density at radius 3 is 2.50 bits per heavy atom. The molecule has 0 aliphatic carbocycles. The largest absolute Gasteiger partial charge is 0.379 e. The number of carbonyl (C=O) groups is 1. The SMILES string of the molecule is CC[C@H](C)CCOCC(C(=O)N=O)N(C)C. The minimum atomic E-state index is -0.673. The van der Waals surface area contributed by atoms with Gasteiger partial charge in [-0.05, 0) is 26.4 Å². The number of rotatable bonds is 8. The minimum absolute atomic E-state index is 0.230. The normalized spacial score (nSPS) is 14.8. The van der Waals surface area contributed by atoms with Gasteiger partial charge in [-0.15, -0.1) is 4.91 Å². The van der Waals surface area contributed by atoms with Crippen molar-refractivity contribution in [3.8, 4) is 0 Å². The van der Waals surface area contributed by atoms with Crippen LogP contribution in [-0.2, 0) is 9.53 Å². The van der Waals surface area contributed by atoms with E-state index in [0.717, 1.165) is 12.8 Å². The summed E-state index contributed by atoms with van der Waals surface area (Å²) in [7, 11) is 3.46. The van der Waals surface area contributed by atoms with Crippen LogP contribution < -0.4 is 0 Å². The highest BCUT2D eigenvalue weighted by atomic mass is 16.5. The average Bonchev–Trinajstić information content (AvgIpc) is 2.27. The van der Waals surface area contributed by atoms with E-state index in [-0.39, 0.29) is 6.61 Å². The van der Waals surface area contributed by atoms with Crippen molar-refractivity contribution >= 4 is 5.91 Å². The van der Waals surface area contributed by atoms with Crippen molar-refractivity contribution in [2.75, 3.05) is 27.3 Å². The van der Waals surface area contributed by atoms with Crippen molar-refractivity contribution in [1.29, 1.82) is 0 Å². The smallest absolute Gasteiger partial charge is 0.305 e. The van der Waals surface area contributed by atoms with Crippen LogP contribution in [0.25, 0.3) is 0 Å². The number of nitroso groups, excluding NO2 is 1. The van der Waals surface area contributed by atoms with Gasteiger partial charge in [-0.2, -0.15) is 0 Å². The lowest BCUT2D eigenvalue weighted by Crippen LogP contribution is -2.38. The Morgan fingerprint density at radius 2 is 2.06 bits per heavy atom. The second-order valence-corrected chi connectivity index (χ2v) is 4.29. The summed E-state index contributed by atoms with van der Waals surface area (Å²) >= 11 is 0. The highest BCUT2D eigenvalue weighted by Crippen LogP contribution is 2.06. The van der Waals surface area contributed by atoms with Crippen molar-refractivity contribution in [3.63, 3.8) is 0 Å². The quantitative estimate of drug-likeness (QED) is 0.470. The van der Waals surface area contributed by atoms with E-state index in [9.17, 15) is 9.70 Å². The Labute approximate surface area is 97.1 Å². The molecule has 0 bridgehead atoms. The highest BCUT2D eigenvalue weighted by Gasteiger charge is 2.21. The van der Waals surface area contributed by atoms with Gasteiger partial charge in [0.1, 0.15) is 6.04 Å². The first-order chi connectivity index (χ1) is 7.52. The summed E-state index contributed by atoms with van der Waals surface area (Å²) < 4.78 is 5.39. The zero-order chi connectivity index (χ0) is 12.6. The maximum Gasteiger partial charge on any atom is 0.305 e. The van der Waals surface area contributed by atoms with Crippen molar-refractivity contribution < 1.29 is 9.53 Å². The zero-order valence-electron chi connectivity index (χ0n) is 10.6. The first-order valence-electron chi connectivity index (χ1n) is 5.64. The summed E-state index contributed by atoms with van der Waals surface area (Å²) in [6.07, 6.45) is 2.09. The monoisotopic (exact) mass is 230 g/mol. The lowest BCUT2D eigenvalue weighted by Gasteiger charge is -2.20. The summed E-state index contributed by atoms with van der Waals surface area (Å²) in [6.45, 7) is 5.14. The first-order valence-corrected chi connectivity index (χ1v) is 5.64. The van der Waals surface area contributed by atoms with E-state index in [2.05, 4.69) is 19.0 Å². The van der Waals surface area contributed by atoms with Crippen LogP contribution in [0.4, 0.5) is 0 Å². The molecule has 0 heterocycles. The maximum absolute atomic E-state index is 11.1. The third-order valence-electron chi connectivity index (χ3n) is 2.73. The molecule has 0 aromatic carbocycles. The van der Waals surface area contributed by atoms with Crippen LogP contribution in [-0.4, -0.2) is 44.2 Å². The van der Waals surface area contributed by atoms with E-state index in [1.165, 1.54) is 0 Å². The summed E-state index contributed by atoms with van der Waals surface area (Å²) in [4.78, 5) is 22.9. The fourth-order valence-corrected chi connectivity index (χ4v) is 1.19. The minimum Gasteiger partial charge on any atom is -0.379 e. The number of carbonyl (C=O) groups excluding carboxylic acids is 1. The lowest BCUT2D eigenvalue weighted by molar-refractivity contribution is -0.124. The standard InChI is InChI=1S/C11H22N2O3/c1-5-9(2)6-7-16-8-10(13(3)4)11(14)12-15/h9-10H,5-8H2,1-4H3/t9-,10?/m0/s1. The molecule has 0 saturated heterocycles. The molecule has 0 aliphatic rings. The Kier molecular flexibility index (Phi) is 7.93. The van der Waals surface area contributed by atoms with E-state index < -0.39 is 11.9 Å². The van der Waals surface area contributed by atoms with Gasteiger partial charge in [0.25, 0.3) is 0 Å². The first kappa shape index (κ1) is 15.2. The molecule has 0 N–H and O–H groups in total. The molecule has 0 aromatic heterocycles. The zero-order valence-corrected chi connectivity index (χ0v) is 10.6. The topological polar surface area (TPSA) is 59.0 Å². The fourth-order valence-electron chi connectivity index (χ4n) is 1.19. The molecule has 1 amide bonds. The van der Waals surface area contributed by atoms with Crippen molar-refractivity contribution in [1.82, 2.24) is 4.90 Å². The van der Waals surface area contributed by atoms with Crippen LogP contribution in [0.15, 0.2) is 5.18 Å². The molecule has 0 spiro atoms. The molecule has 0 aromatic rings. The molecular weight excluding hydrogens is 208 g/mol. The molecule has 5 heteroatoms. The van der Waals surface area contributed by atoms with Gasteiger partial charge in [-0.3, -0.25) is 9.69 Å². The van der Waals surface area contributed by atoms with E-state index in [1.807, 2.05) is 0 Å². The maximum atomic E-state index is 11.1. The fraction of sp³-hybridized carbons (Fsp3) is 0.909. The number of hydrogen-bond donors (Lipinski definition) is 0. The van der Waals surface area contributed by atoms with Crippen LogP contribution in [0, 0.1) is 10.8 Å². The molecule has 2 atom stereocenters. The van der Waals surface area contributed by atoms with Gasteiger partial charge < -0.3 is 4.74 Å². The van der Waals surface area contributed by atoms with Crippen molar-refractivity contribution in [2.45, 2.75) is 32.7 Å². The third-order valence-corrected chi connectivity index (χ3v) is 2.73. The van der Waals surface area contributed by atoms with Gasteiger partial charge in [0.05, 0.1) is 6.61 Å². The van der Waals surface area contributed by atoms with E-state index in [1.54, 1.807) is 19.0 Å². The van der Waals surface area contributed by atoms with Gasteiger partial charge in [-0.25, -0.2) is 0 Å². The Balaban J connectivity index is 3.86. The Hall–Kier alpha value is -0.810. The summed E-state index contributed by atoms with van der Waals surface area (Å²) in [6, 6.07) is -0.561.